The average Bonchev–Trinajstić information content (AvgIpc) is 2.69. The molecule has 0 fully saturated rings. The number of hydrogen-bond donors (Lipinski definition) is 1. The molecule has 0 aromatic carbocycles. The van der Waals surface area contributed by atoms with Crippen molar-refractivity contribution in [2.75, 3.05) is 13.1 Å². The van der Waals surface area contributed by atoms with Crippen LogP contribution in [-0.2, 0) is 17.3 Å². The highest BCUT2D eigenvalue weighted by Gasteiger charge is 2.28. The average molecular weight is 281 g/mol. The van der Waals surface area contributed by atoms with Crippen LogP contribution in [0.5, 0.6) is 0 Å². The molecule has 1 rings (SSSR count). The Labute approximate surface area is 119 Å². The molecule has 20 heavy (non-hydrogen) atoms. The zero-order valence-corrected chi connectivity index (χ0v) is 12.8. The second-order valence-electron chi connectivity index (χ2n) is 5.94. The van der Waals surface area contributed by atoms with Gasteiger partial charge in [0.1, 0.15) is 6.54 Å². The van der Waals surface area contributed by atoms with Crippen LogP contribution in [0.2, 0.25) is 0 Å². The van der Waals surface area contributed by atoms with Crippen LogP contribution < -0.4 is 0 Å². The van der Waals surface area contributed by atoms with E-state index >= 15 is 0 Å². The van der Waals surface area contributed by atoms with E-state index in [1.165, 1.54) is 4.90 Å². The predicted octanol–water partition coefficient (Wildman–Crippen LogP) is 1.65. The number of nitrogens with zero attached hydrogens (tertiary/aromatic N) is 3. The largest absolute Gasteiger partial charge is 0.480 e. The minimum atomic E-state index is -1.01. The maximum absolute atomic E-state index is 12.6. The van der Waals surface area contributed by atoms with E-state index in [-0.39, 0.29) is 17.9 Å². The molecular formula is C14H23N3O3. The molecule has 1 aromatic rings. The Morgan fingerprint density at radius 3 is 2.45 bits per heavy atom. The van der Waals surface area contributed by atoms with Crippen molar-refractivity contribution in [2.24, 2.45) is 7.05 Å². The van der Waals surface area contributed by atoms with Crippen LogP contribution in [0, 0.1) is 0 Å². The summed E-state index contributed by atoms with van der Waals surface area (Å²) in [5.41, 5.74) is 0.902. The van der Waals surface area contributed by atoms with E-state index in [0.29, 0.717) is 24.2 Å². The van der Waals surface area contributed by atoms with Crippen LogP contribution in [0.4, 0.5) is 0 Å². The lowest BCUT2D eigenvalue weighted by Gasteiger charge is -2.22. The Balaban J connectivity index is 3.14. The van der Waals surface area contributed by atoms with Crippen molar-refractivity contribution >= 4 is 11.9 Å². The van der Waals surface area contributed by atoms with E-state index in [4.69, 9.17) is 5.11 Å². The third-order valence-corrected chi connectivity index (χ3v) is 2.88. The molecule has 1 amide bonds. The highest BCUT2D eigenvalue weighted by atomic mass is 16.4. The maximum Gasteiger partial charge on any atom is 0.323 e. The molecule has 0 saturated heterocycles. The predicted molar refractivity (Wildman–Crippen MR) is 75.7 cm³/mol. The first-order chi connectivity index (χ1) is 9.16. The zero-order valence-electron chi connectivity index (χ0n) is 12.8. The molecule has 6 nitrogen and oxygen atoms in total. The number of aliphatic carboxylic acids is 1. The lowest BCUT2D eigenvalue weighted by Crippen LogP contribution is -2.37. The molecule has 0 aliphatic heterocycles. The van der Waals surface area contributed by atoms with E-state index in [1.54, 1.807) is 17.9 Å². The van der Waals surface area contributed by atoms with Crippen LogP contribution in [0.3, 0.4) is 0 Å². The molecule has 112 valence electrons. The third-order valence-electron chi connectivity index (χ3n) is 2.88. The lowest BCUT2D eigenvalue weighted by atomic mass is 9.89. The molecule has 0 radical (unpaired) electrons. The number of carboxylic acid groups (broad SMARTS) is 1. The molecule has 0 bridgehead atoms. The summed E-state index contributed by atoms with van der Waals surface area (Å²) >= 11 is 0. The minimum Gasteiger partial charge on any atom is -0.480 e. The van der Waals surface area contributed by atoms with Crippen LogP contribution in [0.15, 0.2) is 6.20 Å². The van der Waals surface area contributed by atoms with Gasteiger partial charge in [0.05, 0.1) is 11.3 Å². The van der Waals surface area contributed by atoms with Crippen LogP contribution in [-0.4, -0.2) is 44.8 Å². The fourth-order valence-electron chi connectivity index (χ4n) is 2.05. The van der Waals surface area contributed by atoms with Gasteiger partial charge in [-0.2, -0.15) is 5.10 Å². The van der Waals surface area contributed by atoms with Crippen molar-refractivity contribution in [3.05, 3.63) is 17.5 Å². The standard InChI is InChI=1S/C14H23N3O3/c1-6-7-17(9-11(18)19)13(20)10-8-16(5)15-12(10)14(2,3)4/h8H,6-7,9H2,1-5H3,(H,18,19). The molecule has 0 saturated carbocycles. The van der Waals surface area contributed by atoms with Gasteiger partial charge in [-0.05, 0) is 6.42 Å². The molecule has 1 heterocycles. The number of hydrogen-bond acceptors (Lipinski definition) is 3. The van der Waals surface area contributed by atoms with Crippen molar-refractivity contribution in [2.45, 2.75) is 39.5 Å². The molecule has 1 aromatic heterocycles. The number of carboxylic acids is 1. The van der Waals surface area contributed by atoms with Gasteiger partial charge in [0.25, 0.3) is 5.91 Å². The SMILES string of the molecule is CCCN(CC(=O)O)C(=O)c1cn(C)nc1C(C)(C)C. The van der Waals surface area contributed by atoms with Gasteiger partial charge in [0.2, 0.25) is 0 Å². The Morgan fingerprint density at radius 1 is 1.40 bits per heavy atom. The summed E-state index contributed by atoms with van der Waals surface area (Å²) in [6, 6.07) is 0. The highest BCUT2D eigenvalue weighted by molar-refractivity contribution is 5.97. The van der Waals surface area contributed by atoms with Gasteiger partial charge >= 0.3 is 5.97 Å². The molecule has 0 aliphatic carbocycles. The normalized spacial score (nSPS) is 11.4. The number of rotatable bonds is 5. The minimum absolute atomic E-state index is 0.270. The van der Waals surface area contributed by atoms with E-state index < -0.39 is 5.97 Å². The first kappa shape index (κ1) is 16.2. The van der Waals surface area contributed by atoms with Gasteiger partial charge < -0.3 is 10.0 Å². The van der Waals surface area contributed by atoms with Crippen LogP contribution in [0.25, 0.3) is 0 Å². The quantitative estimate of drug-likeness (QED) is 0.890. The number of aromatic nitrogens is 2. The second kappa shape index (κ2) is 6.07. The molecule has 0 atom stereocenters. The van der Waals surface area contributed by atoms with Crippen LogP contribution in [0.1, 0.15) is 50.2 Å². The Kier molecular flexibility index (Phi) is 4.92. The zero-order chi connectivity index (χ0) is 15.5. The number of aryl methyl sites for hydroxylation is 1. The fraction of sp³-hybridized carbons (Fsp3) is 0.643. The van der Waals surface area contributed by atoms with E-state index in [9.17, 15) is 9.59 Å². The van der Waals surface area contributed by atoms with Gasteiger partial charge in [-0.3, -0.25) is 14.3 Å². The summed E-state index contributed by atoms with van der Waals surface area (Å²) in [5, 5.41) is 13.3. The lowest BCUT2D eigenvalue weighted by molar-refractivity contribution is -0.137. The monoisotopic (exact) mass is 281 g/mol. The molecule has 0 spiro atoms. The fourth-order valence-corrected chi connectivity index (χ4v) is 2.05. The summed E-state index contributed by atoms with van der Waals surface area (Å²) < 4.78 is 1.60. The number of amides is 1. The summed E-state index contributed by atoms with van der Waals surface area (Å²) in [6.07, 6.45) is 2.37. The van der Waals surface area contributed by atoms with Crippen molar-refractivity contribution in [1.82, 2.24) is 14.7 Å². The first-order valence-electron chi connectivity index (χ1n) is 6.72. The molecular weight excluding hydrogens is 258 g/mol. The Morgan fingerprint density at radius 2 is 2.00 bits per heavy atom. The van der Waals surface area contributed by atoms with E-state index in [1.807, 2.05) is 27.7 Å². The molecule has 0 unspecified atom stereocenters. The van der Waals surface area contributed by atoms with Crippen LogP contribution >= 0.6 is 0 Å². The van der Waals surface area contributed by atoms with E-state index in [2.05, 4.69) is 5.10 Å². The third kappa shape index (κ3) is 3.82. The van der Waals surface area contributed by atoms with Crippen molar-refractivity contribution in [1.29, 1.82) is 0 Å². The summed E-state index contributed by atoms with van der Waals surface area (Å²) in [7, 11) is 1.76. The molecule has 0 aliphatic rings. The van der Waals surface area contributed by atoms with Gasteiger partial charge in [0, 0.05) is 25.2 Å². The summed E-state index contributed by atoms with van der Waals surface area (Å²) in [5.74, 6) is -1.28. The summed E-state index contributed by atoms with van der Waals surface area (Å²) in [4.78, 5) is 24.8. The second-order valence-corrected chi connectivity index (χ2v) is 5.94. The summed E-state index contributed by atoms with van der Waals surface area (Å²) in [6.45, 7) is 7.99. The van der Waals surface area contributed by atoms with Gasteiger partial charge in [-0.1, -0.05) is 27.7 Å². The Bertz CT molecular complexity index is 500. The van der Waals surface area contributed by atoms with Crippen molar-refractivity contribution < 1.29 is 14.7 Å². The topological polar surface area (TPSA) is 75.4 Å². The smallest absolute Gasteiger partial charge is 0.323 e. The highest BCUT2D eigenvalue weighted by Crippen LogP contribution is 2.25. The number of carbonyl (C=O) groups is 2. The number of carbonyl (C=O) groups excluding carboxylic acids is 1. The van der Waals surface area contributed by atoms with Gasteiger partial charge in [-0.25, -0.2) is 0 Å². The Hall–Kier alpha value is -1.85. The first-order valence-corrected chi connectivity index (χ1v) is 6.72. The van der Waals surface area contributed by atoms with Gasteiger partial charge in [0.15, 0.2) is 0 Å². The van der Waals surface area contributed by atoms with Crippen molar-refractivity contribution in [3.8, 4) is 0 Å². The molecule has 6 heteroatoms. The molecule has 1 N–H and O–H groups in total. The van der Waals surface area contributed by atoms with E-state index in [0.717, 1.165) is 0 Å². The van der Waals surface area contributed by atoms with Gasteiger partial charge in [-0.15, -0.1) is 0 Å². The maximum atomic E-state index is 12.6. The van der Waals surface area contributed by atoms with Crippen molar-refractivity contribution in [3.63, 3.8) is 0 Å².